The molecule has 0 spiro atoms. The van der Waals surface area contributed by atoms with Crippen LogP contribution < -0.4 is 0 Å². The number of hydrogen-bond donors (Lipinski definition) is 1. The first-order valence-electron chi connectivity index (χ1n) is 5.11. The van der Waals surface area contributed by atoms with E-state index in [1.807, 2.05) is 0 Å². The third kappa shape index (κ3) is 2.92. The largest absolute Gasteiger partial charge is 0.395 e. The summed E-state index contributed by atoms with van der Waals surface area (Å²) in [6.07, 6.45) is 1.30. The van der Waals surface area contributed by atoms with Crippen LogP contribution in [0.1, 0.15) is 0 Å². The van der Waals surface area contributed by atoms with Gasteiger partial charge in [0.25, 0.3) is 0 Å². The van der Waals surface area contributed by atoms with Gasteiger partial charge in [0.15, 0.2) is 11.6 Å². The predicted molar refractivity (Wildman–Crippen MR) is 62.4 cm³/mol. The second-order valence-electron chi connectivity index (χ2n) is 3.43. The molecule has 0 aliphatic heterocycles. The number of benzene rings is 1. The highest BCUT2D eigenvalue weighted by atomic mass is 32.2. The summed E-state index contributed by atoms with van der Waals surface area (Å²) < 4.78 is 51.4. The van der Waals surface area contributed by atoms with Crippen molar-refractivity contribution < 1.29 is 22.3 Å². The zero-order valence-electron chi connectivity index (χ0n) is 9.51. The standard InChI is InChI=1S/C11H13F2NO3S/c1-2-6-14(7-8-15)18(16,17)10-5-3-4-9(12)11(10)13/h2-5,15H,1,6-8H2. The number of aliphatic hydroxyl groups is 1. The van der Waals surface area contributed by atoms with Crippen molar-refractivity contribution in [3.8, 4) is 0 Å². The molecule has 1 aromatic carbocycles. The minimum absolute atomic E-state index is 0.0984. The SMILES string of the molecule is C=CCN(CCO)S(=O)(=O)c1cccc(F)c1F. The smallest absolute Gasteiger partial charge is 0.246 e. The fourth-order valence-electron chi connectivity index (χ4n) is 1.39. The molecule has 1 N–H and O–H groups in total. The van der Waals surface area contributed by atoms with E-state index in [0.717, 1.165) is 22.5 Å². The minimum atomic E-state index is -4.19. The third-order valence-corrected chi connectivity index (χ3v) is 4.10. The van der Waals surface area contributed by atoms with Crippen molar-refractivity contribution in [2.75, 3.05) is 19.7 Å². The lowest BCUT2D eigenvalue weighted by Crippen LogP contribution is -2.34. The lowest BCUT2D eigenvalue weighted by atomic mass is 10.3. The van der Waals surface area contributed by atoms with Gasteiger partial charge in [-0.15, -0.1) is 6.58 Å². The third-order valence-electron chi connectivity index (χ3n) is 2.22. The van der Waals surface area contributed by atoms with Crippen LogP contribution in [0.2, 0.25) is 0 Å². The van der Waals surface area contributed by atoms with E-state index in [1.165, 1.54) is 6.08 Å². The van der Waals surface area contributed by atoms with Crippen LogP contribution in [0.5, 0.6) is 0 Å². The Balaban J connectivity index is 3.26. The molecule has 0 unspecified atom stereocenters. The number of aliphatic hydroxyl groups excluding tert-OH is 1. The van der Waals surface area contributed by atoms with E-state index in [1.54, 1.807) is 0 Å². The first kappa shape index (κ1) is 14.7. The number of nitrogens with zero attached hydrogens (tertiary/aromatic N) is 1. The molecule has 0 saturated carbocycles. The molecule has 0 aliphatic carbocycles. The van der Waals surface area contributed by atoms with Gasteiger partial charge in [-0.3, -0.25) is 0 Å². The van der Waals surface area contributed by atoms with Crippen molar-refractivity contribution in [2.24, 2.45) is 0 Å². The average Bonchev–Trinajstić information content (AvgIpc) is 2.32. The molecule has 1 rings (SSSR count). The van der Waals surface area contributed by atoms with Crippen molar-refractivity contribution in [3.63, 3.8) is 0 Å². The van der Waals surface area contributed by atoms with E-state index in [9.17, 15) is 17.2 Å². The fraction of sp³-hybridized carbons (Fsp3) is 0.273. The quantitative estimate of drug-likeness (QED) is 0.793. The Labute approximate surface area is 104 Å². The second kappa shape index (κ2) is 6.03. The molecule has 0 aromatic heterocycles. The number of halogens is 2. The molecule has 18 heavy (non-hydrogen) atoms. The molecule has 0 saturated heterocycles. The topological polar surface area (TPSA) is 57.6 Å². The normalized spacial score (nSPS) is 11.8. The number of sulfonamides is 1. The summed E-state index contributed by atoms with van der Waals surface area (Å²) in [5.41, 5.74) is 0. The molecule has 4 nitrogen and oxygen atoms in total. The molecule has 0 bridgehead atoms. The van der Waals surface area contributed by atoms with Crippen molar-refractivity contribution in [1.29, 1.82) is 0 Å². The van der Waals surface area contributed by atoms with Crippen LogP contribution in [-0.4, -0.2) is 37.5 Å². The minimum Gasteiger partial charge on any atom is -0.395 e. The van der Waals surface area contributed by atoms with Gasteiger partial charge in [-0.25, -0.2) is 17.2 Å². The fourth-order valence-corrected chi connectivity index (χ4v) is 2.86. The van der Waals surface area contributed by atoms with Gasteiger partial charge in [-0.2, -0.15) is 4.31 Å². The lowest BCUT2D eigenvalue weighted by Gasteiger charge is -2.19. The van der Waals surface area contributed by atoms with E-state index < -0.39 is 33.2 Å². The van der Waals surface area contributed by atoms with E-state index in [0.29, 0.717) is 0 Å². The Kier molecular flexibility index (Phi) is 4.94. The van der Waals surface area contributed by atoms with Gasteiger partial charge >= 0.3 is 0 Å². The zero-order chi connectivity index (χ0) is 13.8. The van der Waals surface area contributed by atoms with Crippen LogP contribution in [0, 0.1) is 11.6 Å². The molecule has 0 amide bonds. The Morgan fingerprint density at radius 3 is 2.61 bits per heavy atom. The molecule has 7 heteroatoms. The number of hydrogen-bond acceptors (Lipinski definition) is 3. The van der Waals surface area contributed by atoms with Gasteiger partial charge in [0, 0.05) is 13.1 Å². The summed E-state index contributed by atoms with van der Waals surface area (Å²) >= 11 is 0. The molecule has 0 atom stereocenters. The summed E-state index contributed by atoms with van der Waals surface area (Å²) in [6, 6.07) is 2.91. The Hall–Kier alpha value is -1.31. The molecular weight excluding hydrogens is 264 g/mol. The summed E-state index contributed by atoms with van der Waals surface area (Å²) in [4.78, 5) is -0.752. The number of rotatable bonds is 6. The Bertz CT molecular complexity index is 531. The Morgan fingerprint density at radius 1 is 1.39 bits per heavy atom. The van der Waals surface area contributed by atoms with Gasteiger partial charge in [0.2, 0.25) is 10.0 Å². The van der Waals surface area contributed by atoms with Crippen LogP contribution in [0.15, 0.2) is 35.7 Å². The van der Waals surface area contributed by atoms with Gasteiger partial charge in [0.05, 0.1) is 6.61 Å². The van der Waals surface area contributed by atoms with E-state index in [-0.39, 0.29) is 13.1 Å². The maximum Gasteiger partial charge on any atom is 0.246 e. The van der Waals surface area contributed by atoms with Gasteiger partial charge in [-0.1, -0.05) is 12.1 Å². The van der Waals surface area contributed by atoms with Crippen molar-refractivity contribution in [2.45, 2.75) is 4.90 Å². The molecule has 100 valence electrons. The summed E-state index contributed by atoms with van der Waals surface area (Å²) in [7, 11) is -4.19. The highest BCUT2D eigenvalue weighted by Crippen LogP contribution is 2.20. The lowest BCUT2D eigenvalue weighted by molar-refractivity contribution is 0.260. The first-order chi connectivity index (χ1) is 8.45. The van der Waals surface area contributed by atoms with Crippen LogP contribution in [0.4, 0.5) is 8.78 Å². The van der Waals surface area contributed by atoms with E-state index in [2.05, 4.69) is 6.58 Å². The van der Waals surface area contributed by atoms with Crippen molar-refractivity contribution in [1.82, 2.24) is 4.31 Å². The summed E-state index contributed by atoms with van der Waals surface area (Å²) in [5.74, 6) is -2.66. The maximum atomic E-state index is 13.5. The second-order valence-corrected chi connectivity index (χ2v) is 5.33. The highest BCUT2D eigenvalue weighted by molar-refractivity contribution is 7.89. The molecule has 0 aliphatic rings. The van der Waals surface area contributed by atoms with Crippen LogP contribution in [-0.2, 0) is 10.0 Å². The predicted octanol–water partition coefficient (Wildman–Crippen LogP) is 1.13. The van der Waals surface area contributed by atoms with Crippen LogP contribution in [0.25, 0.3) is 0 Å². The molecule has 0 fully saturated rings. The zero-order valence-corrected chi connectivity index (χ0v) is 10.3. The van der Waals surface area contributed by atoms with Crippen LogP contribution >= 0.6 is 0 Å². The average molecular weight is 277 g/mol. The monoisotopic (exact) mass is 277 g/mol. The summed E-state index contributed by atoms with van der Waals surface area (Å²) in [5, 5.41) is 8.79. The van der Waals surface area contributed by atoms with E-state index >= 15 is 0 Å². The van der Waals surface area contributed by atoms with Crippen molar-refractivity contribution >= 4 is 10.0 Å². The molecular formula is C11H13F2NO3S. The molecule has 0 radical (unpaired) electrons. The van der Waals surface area contributed by atoms with E-state index in [4.69, 9.17) is 5.11 Å². The highest BCUT2D eigenvalue weighted by Gasteiger charge is 2.27. The summed E-state index contributed by atoms with van der Waals surface area (Å²) in [6.45, 7) is 2.63. The van der Waals surface area contributed by atoms with Crippen molar-refractivity contribution in [3.05, 3.63) is 42.5 Å². The van der Waals surface area contributed by atoms with Crippen LogP contribution in [0.3, 0.4) is 0 Å². The molecule has 1 aromatic rings. The first-order valence-corrected chi connectivity index (χ1v) is 6.55. The maximum absolute atomic E-state index is 13.5. The molecule has 0 heterocycles. The van der Waals surface area contributed by atoms with Gasteiger partial charge < -0.3 is 5.11 Å². The van der Waals surface area contributed by atoms with Gasteiger partial charge in [0.1, 0.15) is 4.90 Å². The Morgan fingerprint density at radius 2 is 2.06 bits per heavy atom. The van der Waals surface area contributed by atoms with Gasteiger partial charge in [-0.05, 0) is 12.1 Å².